The Kier molecular flexibility index (Phi) is 22.1. The molecule has 0 heterocycles. The van der Waals surface area contributed by atoms with Gasteiger partial charge in [0, 0.05) is 5.97 Å². The van der Waals surface area contributed by atoms with Crippen LogP contribution in [0.2, 0.25) is 0 Å². The first-order valence-electron chi connectivity index (χ1n) is 8.97. The van der Waals surface area contributed by atoms with E-state index >= 15 is 0 Å². The molecule has 3 heteroatoms. The molecule has 0 saturated carbocycles. The minimum atomic E-state index is -0.903. The number of carboxylic acids is 1. The fourth-order valence-electron chi connectivity index (χ4n) is 2.64. The molecule has 0 rings (SSSR count). The molecule has 0 atom stereocenters. The van der Waals surface area contributed by atoms with E-state index in [2.05, 4.69) is 6.92 Å². The molecule has 0 amide bonds. The summed E-state index contributed by atoms with van der Waals surface area (Å²) in [6, 6.07) is 0. The SMILES string of the molecule is CCCCCCCCCCCCCCCCCC(=O)[O-].[Mn+]. The van der Waals surface area contributed by atoms with Gasteiger partial charge in [0.25, 0.3) is 0 Å². The van der Waals surface area contributed by atoms with Crippen LogP contribution in [0, 0.1) is 0 Å². The van der Waals surface area contributed by atoms with Crippen LogP contribution in [0.25, 0.3) is 0 Å². The van der Waals surface area contributed by atoms with E-state index in [1.165, 1.54) is 83.5 Å². The summed E-state index contributed by atoms with van der Waals surface area (Å²) in [4.78, 5) is 10.2. The molecule has 0 aliphatic carbocycles. The Morgan fingerprint density at radius 1 is 0.619 bits per heavy atom. The molecular formula is C18H35MnO2. The van der Waals surface area contributed by atoms with Crippen LogP contribution < -0.4 is 5.11 Å². The Hall–Kier alpha value is -0.0105. The fourth-order valence-corrected chi connectivity index (χ4v) is 2.64. The summed E-state index contributed by atoms with van der Waals surface area (Å²) in [5.74, 6) is -0.903. The van der Waals surface area contributed by atoms with Crippen LogP contribution in [0.3, 0.4) is 0 Å². The first-order chi connectivity index (χ1) is 9.77. The quantitative estimate of drug-likeness (QED) is 0.294. The van der Waals surface area contributed by atoms with Crippen LogP contribution in [0.1, 0.15) is 110 Å². The maximum absolute atomic E-state index is 10.2. The number of aliphatic carboxylic acids is 1. The molecule has 0 aromatic rings. The maximum Gasteiger partial charge on any atom is 1.00 e. The minimum Gasteiger partial charge on any atom is -0.550 e. The van der Waals surface area contributed by atoms with Gasteiger partial charge in [0.2, 0.25) is 0 Å². The van der Waals surface area contributed by atoms with Gasteiger partial charge in [0.15, 0.2) is 0 Å². The van der Waals surface area contributed by atoms with Gasteiger partial charge in [-0.25, -0.2) is 0 Å². The molecule has 0 bridgehead atoms. The van der Waals surface area contributed by atoms with Gasteiger partial charge in [0.05, 0.1) is 0 Å². The van der Waals surface area contributed by atoms with Gasteiger partial charge in [0.1, 0.15) is 0 Å². The van der Waals surface area contributed by atoms with Gasteiger partial charge in [-0.15, -0.1) is 0 Å². The summed E-state index contributed by atoms with van der Waals surface area (Å²) in [5.41, 5.74) is 0. The minimum absolute atomic E-state index is 0. The van der Waals surface area contributed by atoms with Crippen molar-refractivity contribution in [2.45, 2.75) is 110 Å². The summed E-state index contributed by atoms with van der Waals surface area (Å²) in [5, 5.41) is 10.2. The standard InChI is InChI=1S/C18H36O2.Mn/c1-2-3-4-5-6-7-8-9-10-11-12-13-14-15-16-17-18(19)20;/h2-17H2,1H3,(H,19,20);/q;+1/p-1. The number of unbranched alkanes of at least 4 members (excludes halogenated alkanes) is 14. The summed E-state index contributed by atoms with van der Waals surface area (Å²) in [7, 11) is 0. The van der Waals surface area contributed by atoms with Crippen molar-refractivity contribution >= 4 is 5.97 Å². The van der Waals surface area contributed by atoms with E-state index in [4.69, 9.17) is 0 Å². The van der Waals surface area contributed by atoms with E-state index in [-0.39, 0.29) is 23.5 Å². The molecule has 21 heavy (non-hydrogen) atoms. The molecule has 0 N–H and O–H groups in total. The second-order valence-corrected chi connectivity index (χ2v) is 6.07. The number of rotatable bonds is 16. The second-order valence-electron chi connectivity index (χ2n) is 6.07. The number of hydrogen-bond acceptors (Lipinski definition) is 2. The van der Waals surface area contributed by atoms with Crippen molar-refractivity contribution in [3.05, 3.63) is 0 Å². The Balaban J connectivity index is 0. The molecule has 0 unspecified atom stereocenters. The van der Waals surface area contributed by atoms with Gasteiger partial charge in [-0.1, -0.05) is 96.8 Å². The molecule has 0 aliphatic heterocycles. The average Bonchev–Trinajstić information content (AvgIpc) is 2.43. The maximum atomic E-state index is 10.2. The Bertz CT molecular complexity index is 207. The normalized spacial score (nSPS) is 10.3. The molecule has 0 saturated heterocycles. The fraction of sp³-hybridized carbons (Fsp3) is 0.944. The Labute approximate surface area is 142 Å². The van der Waals surface area contributed by atoms with E-state index in [0.717, 1.165) is 12.8 Å². The predicted octanol–water partition coefficient (Wildman–Crippen LogP) is 5.00. The van der Waals surface area contributed by atoms with Crippen LogP contribution in [0.5, 0.6) is 0 Å². The smallest absolute Gasteiger partial charge is 0.550 e. The molecule has 0 aromatic carbocycles. The Morgan fingerprint density at radius 3 is 1.19 bits per heavy atom. The average molecular weight is 338 g/mol. The van der Waals surface area contributed by atoms with Crippen LogP contribution in [0.15, 0.2) is 0 Å². The molecule has 2 nitrogen and oxygen atoms in total. The van der Waals surface area contributed by atoms with Crippen molar-refractivity contribution in [1.29, 1.82) is 0 Å². The summed E-state index contributed by atoms with van der Waals surface area (Å²) < 4.78 is 0. The topological polar surface area (TPSA) is 40.1 Å². The zero-order chi connectivity index (χ0) is 14.9. The van der Waals surface area contributed by atoms with E-state index in [9.17, 15) is 9.90 Å². The number of hydrogen-bond donors (Lipinski definition) is 0. The third kappa shape index (κ3) is 22.4. The van der Waals surface area contributed by atoms with Crippen molar-refractivity contribution in [3.8, 4) is 0 Å². The van der Waals surface area contributed by atoms with Crippen molar-refractivity contribution in [2.24, 2.45) is 0 Å². The van der Waals surface area contributed by atoms with Gasteiger partial charge in [-0.3, -0.25) is 0 Å². The third-order valence-corrected chi connectivity index (χ3v) is 3.98. The number of carboxylic acid groups (broad SMARTS) is 1. The molecule has 0 spiro atoms. The molecule has 126 valence electrons. The van der Waals surface area contributed by atoms with Crippen molar-refractivity contribution in [1.82, 2.24) is 0 Å². The van der Waals surface area contributed by atoms with Gasteiger partial charge < -0.3 is 9.90 Å². The van der Waals surface area contributed by atoms with Crippen molar-refractivity contribution < 1.29 is 27.0 Å². The monoisotopic (exact) mass is 338 g/mol. The third-order valence-electron chi connectivity index (χ3n) is 3.98. The zero-order valence-electron chi connectivity index (χ0n) is 14.0. The predicted molar refractivity (Wildman–Crippen MR) is 84.6 cm³/mol. The first-order valence-corrected chi connectivity index (χ1v) is 8.97. The van der Waals surface area contributed by atoms with Crippen LogP contribution in [-0.2, 0) is 21.9 Å². The summed E-state index contributed by atoms with van der Waals surface area (Å²) in [6.45, 7) is 2.27. The zero-order valence-corrected chi connectivity index (χ0v) is 15.2. The van der Waals surface area contributed by atoms with E-state index in [1.54, 1.807) is 0 Å². The summed E-state index contributed by atoms with van der Waals surface area (Å²) in [6.07, 6.45) is 19.9. The van der Waals surface area contributed by atoms with Crippen molar-refractivity contribution in [3.63, 3.8) is 0 Å². The van der Waals surface area contributed by atoms with Gasteiger partial charge in [-0.05, 0) is 12.8 Å². The summed E-state index contributed by atoms with van der Waals surface area (Å²) >= 11 is 0. The van der Waals surface area contributed by atoms with E-state index in [0.29, 0.717) is 0 Å². The van der Waals surface area contributed by atoms with Crippen LogP contribution in [0.4, 0.5) is 0 Å². The van der Waals surface area contributed by atoms with E-state index in [1.807, 2.05) is 0 Å². The largest absolute Gasteiger partial charge is 1.00 e. The molecule has 0 aromatic heterocycles. The number of carbonyl (C=O) groups excluding carboxylic acids is 1. The number of carbonyl (C=O) groups is 1. The van der Waals surface area contributed by atoms with Crippen molar-refractivity contribution in [2.75, 3.05) is 0 Å². The van der Waals surface area contributed by atoms with E-state index < -0.39 is 5.97 Å². The second kappa shape index (κ2) is 20.0. The Morgan fingerprint density at radius 2 is 0.905 bits per heavy atom. The molecule has 0 fully saturated rings. The molecule has 0 aliphatic rings. The molecular weight excluding hydrogens is 303 g/mol. The van der Waals surface area contributed by atoms with Gasteiger partial charge in [-0.2, -0.15) is 0 Å². The van der Waals surface area contributed by atoms with Crippen LogP contribution in [-0.4, -0.2) is 5.97 Å². The van der Waals surface area contributed by atoms with Crippen LogP contribution >= 0.6 is 0 Å². The van der Waals surface area contributed by atoms with Gasteiger partial charge >= 0.3 is 17.1 Å². The molecule has 0 radical (unpaired) electrons. The first kappa shape index (κ1) is 23.3.